The Balaban J connectivity index is 0.000000231. The molecule has 10 aromatic rings. The van der Waals surface area contributed by atoms with Gasteiger partial charge in [0.2, 0.25) is 5.91 Å². The minimum absolute atomic E-state index is 0.0295. The number of carbonyl (C=O) groups is 2. The number of alkyl halides is 10. The maximum atomic E-state index is 13.8. The molecule has 10 rings (SSSR count). The largest absolute Gasteiger partial charge is 0.478 e. The van der Waals surface area contributed by atoms with Crippen LogP contribution in [-0.2, 0) is 91.7 Å². The van der Waals surface area contributed by atoms with E-state index in [4.69, 9.17) is 65.6 Å². The number of nitrogens with zero attached hydrogens (tertiary/aromatic N) is 2. The number of anilines is 1. The van der Waals surface area contributed by atoms with Crippen molar-refractivity contribution in [2.45, 2.75) is 88.7 Å². The second-order valence-corrected chi connectivity index (χ2v) is 43.2. The minimum Gasteiger partial charge on any atom is -0.478 e. The Morgan fingerprint density at radius 2 is 0.697 bits per heavy atom. The smallest absolute Gasteiger partial charge is 0.399 e. The molecule has 0 saturated carbocycles. The molecule has 12 N–H and O–H groups in total. The molecule has 0 atom stereocenters. The Labute approximate surface area is 748 Å². The molecule has 0 aliphatic carbocycles. The van der Waals surface area contributed by atoms with Crippen molar-refractivity contribution < 1.29 is 130 Å². The lowest BCUT2D eigenvalue weighted by molar-refractivity contribution is -0.114. The quantitative estimate of drug-likeness (QED) is 0.0129. The fraction of sp³-hybridized carbons (Fsp3) is 0.169. The van der Waals surface area contributed by atoms with Crippen molar-refractivity contribution in [2.24, 2.45) is 7.05 Å². The summed E-state index contributed by atoms with van der Waals surface area (Å²) in [5, 5.41) is 13.0. The van der Waals surface area contributed by atoms with Crippen molar-refractivity contribution >= 4 is 222 Å². The monoisotopic (exact) mass is 2260 g/mol. The van der Waals surface area contributed by atoms with Crippen LogP contribution in [-0.4, -0.2) is 75.5 Å². The molecule has 0 unspecified atom stereocenters. The summed E-state index contributed by atoms with van der Waals surface area (Å²) in [6.45, 7) is 1.42. The minimum atomic E-state index is -5.63. The van der Waals surface area contributed by atoms with Gasteiger partial charge in [0, 0.05) is 140 Å². The maximum Gasteiger partial charge on any atom is 0.399 e. The van der Waals surface area contributed by atoms with Crippen LogP contribution in [0.5, 0.6) is 0 Å². The molecule has 1 amide bonds. The number of imidazole rings is 1. The van der Waals surface area contributed by atoms with Gasteiger partial charge in [0.1, 0.15) is 0 Å². The Bertz CT molecular complexity index is 5410. The number of carbonyl (C=O) groups excluding carboxylic acids is 1. The fourth-order valence-corrected chi connectivity index (χ4v) is 21.1. The van der Waals surface area contributed by atoms with E-state index >= 15 is 0 Å². The maximum absolute atomic E-state index is 13.8. The van der Waals surface area contributed by atoms with Gasteiger partial charge in [-0.05, 0) is 137 Å². The number of rotatable bonds is 27. The molecule has 0 aliphatic rings. The Morgan fingerprint density at radius 3 is 0.975 bits per heavy atom. The summed E-state index contributed by atoms with van der Waals surface area (Å²) < 4.78 is 195. The molecular formula is C71H61Br6ClF10N3O18P5S5. The van der Waals surface area contributed by atoms with Gasteiger partial charge < -0.3 is 63.9 Å². The molecule has 9 aromatic carbocycles. The van der Waals surface area contributed by atoms with Crippen LogP contribution < -0.4 is 5.32 Å². The highest BCUT2D eigenvalue weighted by molar-refractivity contribution is 9.11. The van der Waals surface area contributed by atoms with E-state index in [9.17, 15) is 76.3 Å². The van der Waals surface area contributed by atoms with E-state index in [0.29, 0.717) is 55.5 Å². The number of hydrogen-bond acceptors (Lipinski definition) is 13. The molecule has 1 aromatic heterocycles. The summed E-state index contributed by atoms with van der Waals surface area (Å²) in [6.07, 6.45) is 3.45. The van der Waals surface area contributed by atoms with E-state index in [1.54, 1.807) is 48.8 Å². The van der Waals surface area contributed by atoms with E-state index in [-0.39, 0.29) is 33.8 Å². The predicted octanol–water partition coefficient (Wildman–Crippen LogP) is 24.6. The summed E-state index contributed by atoms with van der Waals surface area (Å²) in [4.78, 5) is 118. The zero-order valence-electron chi connectivity index (χ0n) is 60.0. The van der Waals surface area contributed by atoms with Gasteiger partial charge in [0.25, 0.3) is 0 Å². The van der Waals surface area contributed by atoms with Gasteiger partial charge >= 0.3 is 72.3 Å². The first-order chi connectivity index (χ1) is 54.9. The molecule has 0 bridgehead atoms. The summed E-state index contributed by atoms with van der Waals surface area (Å²) in [7, 11) is -26.1. The summed E-state index contributed by atoms with van der Waals surface area (Å²) in [6, 6.07) is 47.5. The molecule has 0 saturated heterocycles. The standard InChI is InChI=1S/C16H15BrF2NO4PS.C15H12BrF2O5PS.C14H11Br2F2O3PS.C14H11BrClF2O3PS.C12H12BrF2N2O3PS/c1-10(21)20-12-3-5-13(6-4-12)26-9-11-2-7-14(15(17)8-11)16(18,19)25(22,23)24;16-13-6-9(4-5-12(13)15(17,18)24(21,22)23)8-25-11-3-1-2-10(7-11)14(19)20;15-10-2-1-3-11(7-10)23-8-9-4-5-12(13(16)6-9)14(17,18)22(19,20)21;15-13-6-9(8-23-11-3-1-2-10(16)7-11)4-5-12(13)14(17,18)22(19,20)21;1-17-5-4-16-11(17)22-7-8-2-3-9(10(13)6-8)12(14,15)21(18,19)20/h2-8H,9H2,1H3,(H,20,21)(H2,22,23,24);1-7H,8H2,(H,19,20)(H2,21,22,23);2*1-7H,8H2,(H2,19,20,21);2-6H,7H2,1H3,(H2,18,19,20). The van der Waals surface area contributed by atoms with Crippen molar-refractivity contribution in [3.8, 4) is 0 Å². The zero-order chi connectivity index (χ0) is 89.4. The van der Waals surface area contributed by atoms with Gasteiger partial charge in [0.15, 0.2) is 5.16 Å². The predicted molar refractivity (Wildman–Crippen MR) is 461 cm³/mol. The van der Waals surface area contributed by atoms with Crippen LogP contribution in [0.3, 0.4) is 0 Å². The first-order valence-electron chi connectivity index (χ1n) is 32.3. The van der Waals surface area contributed by atoms with Crippen LogP contribution in [0.1, 0.15) is 72.9 Å². The third kappa shape index (κ3) is 29.9. The average molecular weight is 2260 g/mol. The third-order valence-electron chi connectivity index (χ3n) is 15.2. The Kier molecular flexibility index (Phi) is 38.4. The van der Waals surface area contributed by atoms with Crippen molar-refractivity contribution in [3.05, 3.63) is 294 Å². The lowest BCUT2D eigenvalue weighted by Crippen LogP contribution is -2.14. The molecular weight excluding hydrogens is 2200 g/mol. The van der Waals surface area contributed by atoms with Gasteiger partial charge in [-0.1, -0.05) is 198 Å². The van der Waals surface area contributed by atoms with Crippen LogP contribution in [0.25, 0.3) is 0 Å². The number of benzene rings is 9. The molecule has 1 heterocycles. The normalized spacial score (nSPS) is 12.3. The topological polar surface area (TPSA) is 372 Å². The molecule has 119 heavy (non-hydrogen) atoms. The van der Waals surface area contributed by atoms with E-state index < -0.39 is 100 Å². The van der Waals surface area contributed by atoms with E-state index in [1.165, 1.54) is 139 Å². The number of aromatic carboxylic acids is 1. The highest BCUT2D eigenvalue weighted by atomic mass is 79.9. The van der Waals surface area contributed by atoms with E-state index in [1.807, 2.05) is 60.1 Å². The lowest BCUT2D eigenvalue weighted by atomic mass is 10.1. The number of aromatic nitrogens is 2. The molecule has 0 fully saturated rings. The van der Waals surface area contributed by atoms with Gasteiger partial charge in [-0.15, -0.1) is 47.0 Å². The van der Waals surface area contributed by atoms with Crippen molar-refractivity contribution in [1.82, 2.24) is 9.55 Å². The number of carboxylic acid groups (broad SMARTS) is 1. The van der Waals surface area contributed by atoms with Gasteiger partial charge in [0.05, 0.1) is 5.56 Å². The second kappa shape index (κ2) is 44.0. The van der Waals surface area contributed by atoms with Crippen LogP contribution in [0, 0.1) is 0 Å². The first-order valence-corrected chi connectivity index (χ1v) is 50.5. The zero-order valence-corrected chi connectivity index (χ0v) is 78.8. The van der Waals surface area contributed by atoms with Crippen LogP contribution in [0.4, 0.5) is 49.6 Å². The van der Waals surface area contributed by atoms with Crippen molar-refractivity contribution in [3.63, 3.8) is 0 Å². The summed E-state index contributed by atoms with van der Waals surface area (Å²) >= 11 is 31.2. The first kappa shape index (κ1) is 104. The molecule has 0 radical (unpaired) electrons. The molecule has 642 valence electrons. The number of nitrogens with one attached hydrogen (secondary N) is 1. The van der Waals surface area contributed by atoms with Crippen molar-refractivity contribution in [1.29, 1.82) is 0 Å². The SMILES string of the molecule is CC(=O)Nc1ccc(SCc2ccc(C(F)(F)P(=O)(O)O)c(Br)c2)cc1.Cn1ccnc1SCc1ccc(C(F)(F)P(=O)(O)O)c(Br)c1.O=C(O)c1cccc(SCc2ccc(C(F)(F)P(=O)(O)O)c(Br)c2)c1.O=P(O)(O)C(F)(F)c1ccc(CSc2cccc(Br)c2)cc1Br.O=P(O)(O)C(F)(F)c1ccc(CSc2cccc(Cl)c2)cc1Br. The van der Waals surface area contributed by atoms with E-state index in [2.05, 4.69) is 106 Å². The molecule has 0 spiro atoms. The second-order valence-electron chi connectivity index (χ2n) is 24.2. The fourth-order valence-electron chi connectivity index (χ4n) is 9.22. The van der Waals surface area contributed by atoms with Gasteiger partial charge in [-0.3, -0.25) is 27.6 Å². The van der Waals surface area contributed by atoms with Crippen LogP contribution in [0.15, 0.2) is 252 Å². The molecule has 21 nitrogen and oxygen atoms in total. The highest BCUT2D eigenvalue weighted by Gasteiger charge is 2.55. The third-order valence-corrected chi connectivity index (χ3v) is 29.5. The highest BCUT2D eigenvalue weighted by Crippen LogP contribution is 2.65. The lowest BCUT2D eigenvalue weighted by Gasteiger charge is -2.19. The van der Waals surface area contributed by atoms with Crippen molar-refractivity contribution in [2.75, 3.05) is 5.32 Å². The van der Waals surface area contributed by atoms with Gasteiger partial charge in [-0.2, -0.15) is 43.9 Å². The number of aryl methyl sites for hydroxylation is 1. The van der Waals surface area contributed by atoms with Crippen LogP contribution >= 0.6 is 204 Å². The Hall–Kier alpha value is -3.90. The van der Waals surface area contributed by atoms with Gasteiger partial charge in [-0.25, -0.2) is 9.78 Å². The number of amides is 1. The number of thioether (sulfide) groups is 5. The summed E-state index contributed by atoms with van der Waals surface area (Å²) in [5.41, 5.74) is -20.6. The van der Waals surface area contributed by atoms with E-state index in [0.717, 1.165) is 71.3 Å². The molecule has 0 aliphatic heterocycles. The number of halogens is 17. The average Bonchev–Trinajstić information content (AvgIpc) is 1.02. The summed E-state index contributed by atoms with van der Waals surface area (Å²) in [5.74, 6) is 1.16. The van der Waals surface area contributed by atoms with Crippen LogP contribution in [0.2, 0.25) is 5.02 Å². The number of hydrogen-bond donors (Lipinski definition) is 12. The number of carboxylic acids is 1. The molecule has 48 heteroatoms. The Morgan fingerprint density at radius 1 is 0.403 bits per heavy atom.